The van der Waals surface area contributed by atoms with E-state index in [-0.39, 0.29) is 0 Å². The first-order valence-electron chi connectivity index (χ1n) is 23.3. The second-order valence-corrected chi connectivity index (χ2v) is 18.3. The lowest BCUT2D eigenvalue weighted by molar-refractivity contribution is 0.333. The van der Waals surface area contributed by atoms with Crippen molar-refractivity contribution in [2.75, 3.05) is 0 Å². The van der Waals surface area contributed by atoms with Crippen molar-refractivity contribution in [1.29, 1.82) is 0 Å². The van der Waals surface area contributed by atoms with Crippen molar-refractivity contribution in [3.05, 3.63) is 192 Å². The van der Waals surface area contributed by atoms with Crippen molar-refractivity contribution < 1.29 is 0 Å². The number of hydrogen-bond donors (Lipinski definition) is 0. The fourth-order valence-corrected chi connectivity index (χ4v) is 11.5. The van der Waals surface area contributed by atoms with E-state index in [9.17, 15) is 0 Å². The van der Waals surface area contributed by atoms with E-state index in [0.717, 1.165) is 74.7 Å². The normalized spacial score (nSPS) is 21.5. The second-order valence-electron chi connectivity index (χ2n) is 18.3. The number of rotatable bonds is 7. The monoisotopic (exact) mass is 803 g/mol. The van der Waals surface area contributed by atoms with E-state index in [1.165, 1.54) is 85.2 Å². The number of pyridine rings is 1. The van der Waals surface area contributed by atoms with Crippen LogP contribution in [-0.4, -0.2) is 14.1 Å². The number of nitrogens with zero attached hydrogens (tertiary/aromatic N) is 3. The largest absolute Gasteiger partial charge is 0.314 e. The summed E-state index contributed by atoms with van der Waals surface area (Å²) in [6.45, 7) is 0. The number of hydrogen-bond acceptors (Lipinski definition) is 1. The first kappa shape index (κ1) is 37.3. The Morgan fingerprint density at radius 1 is 0.565 bits per heavy atom. The summed E-state index contributed by atoms with van der Waals surface area (Å²) in [5.41, 5.74) is 19.6. The van der Waals surface area contributed by atoms with Gasteiger partial charge in [0.1, 0.15) is 0 Å². The van der Waals surface area contributed by atoms with Gasteiger partial charge in [-0.3, -0.25) is 0 Å². The van der Waals surface area contributed by atoms with E-state index in [1.807, 2.05) is 0 Å². The van der Waals surface area contributed by atoms with Gasteiger partial charge in [0.05, 0.1) is 28.1 Å². The SMILES string of the molecule is C1=CCCC(c2cc(-n3c4c(c5cc(-c6ccc7c(c6)c6c(n7C7=CC(C8=CC=CCC8)CC(C8C=CC=CC8)C7)C=CCC6)ccc53)CCC=C4)cc(-c3ccccc3)n2)=C1. The zero-order chi connectivity index (χ0) is 41.0. The Morgan fingerprint density at radius 3 is 1.95 bits per heavy atom. The van der Waals surface area contributed by atoms with Crippen LogP contribution in [0, 0.1) is 17.8 Å². The number of allylic oxidation sites excluding steroid dienone is 16. The quantitative estimate of drug-likeness (QED) is 0.158. The van der Waals surface area contributed by atoms with E-state index >= 15 is 0 Å². The molecular weight excluding hydrogens is 751 g/mol. The summed E-state index contributed by atoms with van der Waals surface area (Å²) in [4.78, 5) is 5.27. The summed E-state index contributed by atoms with van der Waals surface area (Å²) in [5, 5.41) is 2.76. The van der Waals surface area contributed by atoms with Crippen LogP contribution in [0.1, 0.15) is 86.0 Å². The van der Waals surface area contributed by atoms with Gasteiger partial charge in [0, 0.05) is 39.3 Å². The molecule has 0 fully saturated rings. The first-order valence-corrected chi connectivity index (χ1v) is 23.3. The van der Waals surface area contributed by atoms with E-state index in [4.69, 9.17) is 4.98 Å². The molecule has 3 heterocycles. The van der Waals surface area contributed by atoms with Crippen LogP contribution in [0.15, 0.2) is 163 Å². The summed E-state index contributed by atoms with van der Waals surface area (Å²) in [6.07, 6.45) is 47.4. The van der Waals surface area contributed by atoms with Crippen molar-refractivity contribution in [3.63, 3.8) is 0 Å². The molecule has 0 N–H and O–H groups in total. The fourth-order valence-electron chi connectivity index (χ4n) is 11.5. The van der Waals surface area contributed by atoms with Crippen molar-refractivity contribution in [2.45, 2.75) is 70.6 Å². The zero-order valence-electron chi connectivity index (χ0n) is 35.5. The maximum Gasteiger partial charge on any atom is 0.0730 e. The Balaban J connectivity index is 0.972. The molecule has 0 saturated carbocycles. The minimum atomic E-state index is 0.484. The van der Waals surface area contributed by atoms with E-state index < -0.39 is 0 Å². The molecule has 62 heavy (non-hydrogen) atoms. The zero-order valence-corrected chi connectivity index (χ0v) is 35.5. The topological polar surface area (TPSA) is 22.8 Å². The maximum atomic E-state index is 5.27. The summed E-state index contributed by atoms with van der Waals surface area (Å²) < 4.78 is 5.17. The lowest BCUT2D eigenvalue weighted by atomic mass is 9.72. The minimum absolute atomic E-state index is 0.484. The molecule has 0 saturated heterocycles. The highest BCUT2D eigenvalue weighted by molar-refractivity contribution is 5.98. The van der Waals surface area contributed by atoms with Gasteiger partial charge in [-0.1, -0.05) is 127 Å². The van der Waals surface area contributed by atoms with Gasteiger partial charge in [0.15, 0.2) is 0 Å². The Bertz CT molecular complexity index is 3050. The molecule has 3 atom stereocenters. The Morgan fingerprint density at radius 2 is 1.26 bits per heavy atom. The van der Waals surface area contributed by atoms with Crippen LogP contribution in [0.3, 0.4) is 0 Å². The van der Waals surface area contributed by atoms with Gasteiger partial charge >= 0.3 is 0 Å². The molecule has 0 amide bonds. The molecule has 6 aliphatic carbocycles. The van der Waals surface area contributed by atoms with Gasteiger partial charge < -0.3 is 9.13 Å². The number of benzene rings is 3. The van der Waals surface area contributed by atoms with Crippen LogP contribution in [0.4, 0.5) is 0 Å². The number of aryl methyl sites for hydroxylation is 2. The highest BCUT2D eigenvalue weighted by Crippen LogP contribution is 2.46. The summed E-state index contributed by atoms with van der Waals surface area (Å²) in [5.74, 6) is 1.70. The molecule has 0 bridgehead atoms. The van der Waals surface area contributed by atoms with Crippen LogP contribution in [0.2, 0.25) is 0 Å². The average molecular weight is 804 g/mol. The van der Waals surface area contributed by atoms with Gasteiger partial charge in [-0.15, -0.1) is 0 Å². The van der Waals surface area contributed by atoms with Gasteiger partial charge in [-0.25, -0.2) is 4.98 Å². The van der Waals surface area contributed by atoms with Crippen molar-refractivity contribution in [1.82, 2.24) is 14.1 Å². The Labute approximate surface area is 365 Å². The average Bonchev–Trinajstić information content (AvgIpc) is 3.87. The molecule has 3 nitrogen and oxygen atoms in total. The lowest BCUT2D eigenvalue weighted by Gasteiger charge is -2.35. The van der Waals surface area contributed by atoms with Gasteiger partial charge in [-0.2, -0.15) is 0 Å². The van der Waals surface area contributed by atoms with Gasteiger partial charge in [-0.05, 0) is 159 Å². The predicted molar refractivity (Wildman–Crippen MR) is 262 cm³/mol. The summed E-state index contributed by atoms with van der Waals surface area (Å²) >= 11 is 0. The molecule has 304 valence electrons. The van der Waals surface area contributed by atoms with Gasteiger partial charge in [0.2, 0.25) is 0 Å². The molecule has 0 aliphatic heterocycles. The molecular formula is C59H53N3. The second kappa shape index (κ2) is 15.8. The molecule has 3 aromatic carbocycles. The minimum Gasteiger partial charge on any atom is -0.314 e. The molecule has 3 heteroatoms. The van der Waals surface area contributed by atoms with Crippen molar-refractivity contribution >= 4 is 45.2 Å². The van der Waals surface area contributed by atoms with Crippen LogP contribution in [-0.2, 0) is 12.8 Å². The molecule has 12 rings (SSSR count). The third-order valence-corrected chi connectivity index (χ3v) is 14.6. The van der Waals surface area contributed by atoms with Crippen LogP contribution in [0.25, 0.3) is 73.3 Å². The van der Waals surface area contributed by atoms with Crippen LogP contribution >= 0.6 is 0 Å². The number of aromatic nitrogens is 3. The molecule has 6 aliphatic rings. The Kier molecular flexibility index (Phi) is 9.50. The third-order valence-electron chi connectivity index (χ3n) is 14.6. The highest BCUT2D eigenvalue weighted by Gasteiger charge is 2.32. The van der Waals surface area contributed by atoms with E-state index in [0.29, 0.717) is 17.8 Å². The predicted octanol–water partition coefficient (Wildman–Crippen LogP) is 15.2. The molecule has 3 aromatic heterocycles. The Hall–Kier alpha value is -6.45. The lowest BCUT2D eigenvalue weighted by Crippen LogP contribution is -2.24. The van der Waals surface area contributed by atoms with E-state index in [2.05, 4.69) is 179 Å². The fraction of sp³-hybridized carbons (Fsp3) is 0.237. The van der Waals surface area contributed by atoms with Crippen molar-refractivity contribution in [2.24, 2.45) is 17.8 Å². The first-order chi connectivity index (χ1) is 30.7. The molecule has 3 unspecified atom stereocenters. The smallest absolute Gasteiger partial charge is 0.0730 e. The van der Waals surface area contributed by atoms with Crippen LogP contribution in [0.5, 0.6) is 0 Å². The van der Waals surface area contributed by atoms with Crippen molar-refractivity contribution in [3.8, 4) is 28.1 Å². The van der Waals surface area contributed by atoms with Crippen LogP contribution < -0.4 is 0 Å². The maximum absolute atomic E-state index is 5.27. The third kappa shape index (κ3) is 6.61. The molecule has 6 aromatic rings. The molecule has 0 radical (unpaired) electrons. The molecule has 0 spiro atoms. The summed E-state index contributed by atoms with van der Waals surface area (Å²) in [7, 11) is 0. The summed E-state index contributed by atoms with van der Waals surface area (Å²) in [6, 6.07) is 29.9. The van der Waals surface area contributed by atoms with Gasteiger partial charge in [0.25, 0.3) is 0 Å². The van der Waals surface area contributed by atoms with E-state index in [1.54, 1.807) is 5.57 Å². The number of fused-ring (bicyclic) bond motifs is 6. The highest BCUT2D eigenvalue weighted by atomic mass is 15.0. The standard InChI is InChI=1S/C59H53N3/c1-5-17-40(18-6-1)46-33-47(41-19-7-2-8-20-41)35-48(34-46)61-56-27-15-13-25-50(56)52-36-44(29-31-58(52)61)45-30-32-59-53(37-45)51-26-14-16-28-57(51)62(59)49-38-54(42-21-9-3-10-22-42)60-55(39-49)43-23-11-4-12-24-43/h1-7,9-11,15-17,19,21-23,27-32,35-40,46-47H,8,12-14,18,20,24-26,33-34H2.